The lowest BCUT2D eigenvalue weighted by molar-refractivity contribution is 0.568. The molecule has 0 fully saturated rings. The van der Waals surface area contributed by atoms with E-state index in [-0.39, 0.29) is 0 Å². The van der Waals surface area contributed by atoms with E-state index in [1.807, 2.05) is 0 Å². The summed E-state index contributed by atoms with van der Waals surface area (Å²) in [7, 11) is -3.22. The fourth-order valence-electron chi connectivity index (χ4n) is 0.336. The van der Waals surface area contributed by atoms with Gasteiger partial charge in [0, 0.05) is 0 Å². The molecule has 0 aliphatic rings. The molecule has 0 bridgehead atoms. The third-order valence-electron chi connectivity index (χ3n) is 1.27. The van der Waals surface area contributed by atoms with Gasteiger partial charge in [0.1, 0.15) is 0 Å². The van der Waals surface area contributed by atoms with Crippen LogP contribution in [0.15, 0.2) is 0 Å². The Morgan fingerprint density at radius 2 is 2.11 bits per heavy atom. The van der Waals surface area contributed by atoms with E-state index in [1.54, 1.807) is 18.7 Å². The van der Waals surface area contributed by atoms with Crippen LogP contribution in [0.25, 0.3) is 0 Å². The summed E-state index contributed by atoms with van der Waals surface area (Å²) in [5.74, 6) is 4.74. The Bertz CT molecular complexity index is 163. The zero-order chi connectivity index (χ0) is 7.49. The molecule has 0 saturated carbocycles. The van der Waals surface area contributed by atoms with Crippen LogP contribution in [0.5, 0.6) is 0 Å². The van der Waals surface area contributed by atoms with Crippen LogP contribution in [0.1, 0.15) is 20.3 Å². The summed E-state index contributed by atoms with van der Waals surface area (Å²) in [6, 6.07) is 0. The van der Waals surface area contributed by atoms with Gasteiger partial charge in [0.25, 0.3) is 0 Å². The first-order valence-electron chi connectivity index (χ1n) is 2.75. The second-order valence-electron chi connectivity index (χ2n) is 1.88. The van der Waals surface area contributed by atoms with Crippen molar-refractivity contribution in [2.45, 2.75) is 25.5 Å². The third-order valence-corrected chi connectivity index (χ3v) is 2.99. The smallest absolute Gasteiger partial charge is 0.226 e. The molecule has 0 spiro atoms. The van der Waals surface area contributed by atoms with Crippen molar-refractivity contribution in [1.29, 1.82) is 0 Å². The molecule has 0 rings (SSSR count). The van der Waals surface area contributed by atoms with Crippen LogP contribution in [0, 0.1) is 0 Å². The first kappa shape index (κ1) is 8.87. The lowest BCUT2D eigenvalue weighted by atomic mass is 10.4. The molecule has 0 aromatic rings. The zero-order valence-corrected chi connectivity index (χ0v) is 6.40. The van der Waals surface area contributed by atoms with Crippen LogP contribution in [-0.4, -0.2) is 13.7 Å². The van der Waals surface area contributed by atoms with Crippen LogP contribution < -0.4 is 10.7 Å². The predicted molar refractivity (Wildman–Crippen MR) is 36.0 cm³/mol. The average molecular weight is 152 g/mol. The molecule has 0 aliphatic heterocycles. The highest BCUT2D eigenvalue weighted by molar-refractivity contribution is 7.90. The first-order chi connectivity index (χ1) is 4.04. The minimum Gasteiger partial charge on any atom is -0.258 e. The number of hydrazine groups is 1. The van der Waals surface area contributed by atoms with E-state index in [4.69, 9.17) is 5.84 Å². The molecular weight excluding hydrogens is 140 g/mol. The van der Waals surface area contributed by atoms with Gasteiger partial charge in [0.15, 0.2) is 0 Å². The lowest BCUT2D eigenvalue weighted by Gasteiger charge is -2.06. The van der Waals surface area contributed by atoms with Gasteiger partial charge in [-0.05, 0) is 13.3 Å². The van der Waals surface area contributed by atoms with Gasteiger partial charge in [0.05, 0.1) is 5.25 Å². The molecule has 0 saturated heterocycles. The van der Waals surface area contributed by atoms with E-state index in [2.05, 4.69) is 0 Å². The molecular formula is C4H12N2O2S. The molecule has 9 heavy (non-hydrogen) atoms. The summed E-state index contributed by atoms with van der Waals surface area (Å²) in [6.07, 6.45) is 0.576. The Morgan fingerprint density at radius 1 is 1.67 bits per heavy atom. The molecule has 0 aliphatic carbocycles. The van der Waals surface area contributed by atoms with Crippen LogP contribution in [0.3, 0.4) is 0 Å². The minimum atomic E-state index is -3.22. The van der Waals surface area contributed by atoms with Crippen molar-refractivity contribution in [2.75, 3.05) is 0 Å². The van der Waals surface area contributed by atoms with Crippen LogP contribution >= 0.6 is 0 Å². The van der Waals surface area contributed by atoms with E-state index in [1.165, 1.54) is 0 Å². The van der Waals surface area contributed by atoms with Gasteiger partial charge in [-0.25, -0.2) is 8.42 Å². The molecule has 0 heterocycles. The maximum absolute atomic E-state index is 10.7. The largest absolute Gasteiger partial charge is 0.258 e. The van der Waals surface area contributed by atoms with Gasteiger partial charge in [-0.2, -0.15) is 4.83 Å². The minimum absolute atomic E-state index is 0.400. The summed E-state index contributed by atoms with van der Waals surface area (Å²) in [5.41, 5.74) is 0. The van der Waals surface area contributed by atoms with E-state index in [0.717, 1.165) is 0 Å². The highest BCUT2D eigenvalue weighted by atomic mass is 32.2. The fourth-order valence-corrected chi connectivity index (χ4v) is 1.01. The molecule has 5 heteroatoms. The second-order valence-corrected chi connectivity index (χ2v) is 4.01. The summed E-state index contributed by atoms with van der Waals surface area (Å²) >= 11 is 0. The highest BCUT2D eigenvalue weighted by Crippen LogP contribution is 1.99. The van der Waals surface area contributed by atoms with Crippen molar-refractivity contribution in [3.8, 4) is 0 Å². The second kappa shape index (κ2) is 3.14. The van der Waals surface area contributed by atoms with Crippen molar-refractivity contribution in [3.63, 3.8) is 0 Å². The summed E-state index contributed by atoms with van der Waals surface area (Å²) in [4.78, 5) is 1.76. The standard InChI is InChI=1S/C4H12N2O2S/c1-3-4(2)9(7,8)6-5/h4,6H,3,5H2,1-2H3. The zero-order valence-electron chi connectivity index (χ0n) is 5.59. The van der Waals surface area contributed by atoms with Gasteiger partial charge >= 0.3 is 0 Å². The maximum Gasteiger partial charge on any atom is 0.226 e. The van der Waals surface area contributed by atoms with E-state index < -0.39 is 15.3 Å². The topological polar surface area (TPSA) is 72.2 Å². The Hall–Kier alpha value is -0.130. The SMILES string of the molecule is CCC(C)S(=O)(=O)NN. The molecule has 1 atom stereocenters. The monoisotopic (exact) mass is 152 g/mol. The predicted octanol–water partition coefficient (Wildman–Crippen LogP) is -0.422. The summed E-state index contributed by atoms with van der Waals surface area (Å²) in [5, 5.41) is -0.400. The molecule has 0 aromatic carbocycles. The number of sulfonamides is 1. The van der Waals surface area contributed by atoms with E-state index in [0.29, 0.717) is 6.42 Å². The number of rotatable bonds is 3. The first-order valence-corrected chi connectivity index (χ1v) is 4.30. The molecule has 1 unspecified atom stereocenters. The normalized spacial score (nSPS) is 15.4. The Balaban J connectivity index is 4.17. The van der Waals surface area contributed by atoms with Crippen molar-refractivity contribution < 1.29 is 8.42 Å². The number of nitrogens with one attached hydrogen (secondary N) is 1. The third kappa shape index (κ3) is 2.30. The number of hydrogen-bond donors (Lipinski definition) is 2. The molecule has 0 amide bonds. The molecule has 0 radical (unpaired) electrons. The Kier molecular flexibility index (Phi) is 3.10. The van der Waals surface area contributed by atoms with Crippen molar-refractivity contribution in [2.24, 2.45) is 5.84 Å². The summed E-state index contributed by atoms with van der Waals surface area (Å²) in [6.45, 7) is 3.40. The van der Waals surface area contributed by atoms with Gasteiger partial charge in [-0.15, -0.1) is 0 Å². The van der Waals surface area contributed by atoms with E-state index in [9.17, 15) is 8.42 Å². The quantitative estimate of drug-likeness (QED) is 0.426. The van der Waals surface area contributed by atoms with Crippen LogP contribution in [0.2, 0.25) is 0 Å². The van der Waals surface area contributed by atoms with Gasteiger partial charge in [0.2, 0.25) is 10.0 Å². The van der Waals surface area contributed by atoms with Crippen molar-refractivity contribution >= 4 is 10.0 Å². The number of hydrogen-bond acceptors (Lipinski definition) is 3. The Labute approximate surface area is 55.5 Å². The highest BCUT2D eigenvalue weighted by Gasteiger charge is 2.15. The van der Waals surface area contributed by atoms with E-state index >= 15 is 0 Å². The molecule has 4 nitrogen and oxygen atoms in total. The van der Waals surface area contributed by atoms with Gasteiger partial charge in [-0.3, -0.25) is 5.84 Å². The van der Waals surface area contributed by atoms with Crippen LogP contribution in [-0.2, 0) is 10.0 Å². The van der Waals surface area contributed by atoms with Crippen LogP contribution in [0.4, 0.5) is 0 Å². The van der Waals surface area contributed by atoms with Crippen molar-refractivity contribution in [1.82, 2.24) is 4.83 Å². The summed E-state index contributed by atoms with van der Waals surface area (Å²) < 4.78 is 21.4. The fraction of sp³-hybridized carbons (Fsp3) is 1.00. The lowest BCUT2D eigenvalue weighted by Crippen LogP contribution is -2.36. The number of nitrogens with two attached hydrogens (primary N) is 1. The molecule has 56 valence electrons. The molecule has 3 N–H and O–H groups in total. The Morgan fingerprint density at radius 3 is 2.22 bits per heavy atom. The average Bonchev–Trinajstić information content (AvgIpc) is 1.86. The van der Waals surface area contributed by atoms with Crippen molar-refractivity contribution in [3.05, 3.63) is 0 Å². The van der Waals surface area contributed by atoms with Gasteiger partial charge < -0.3 is 0 Å². The molecule has 0 aromatic heterocycles. The van der Waals surface area contributed by atoms with Gasteiger partial charge in [-0.1, -0.05) is 6.92 Å². The maximum atomic E-state index is 10.7.